The van der Waals surface area contributed by atoms with Crippen molar-refractivity contribution in [1.82, 2.24) is 0 Å². The highest BCUT2D eigenvalue weighted by atomic mass is 16.5. The van der Waals surface area contributed by atoms with E-state index in [2.05, 4.69) is 6.58 Å². The fourth-order valence-electron chi connectivity index (χ4n) is 0.997. The predicted octanol–water partition coefficient (Wildman–Crippen LogP) is 1.80. The quantitative estimate of drug-likeness (QED) is 0.450. The first kappa shape index (κ1) is 10.5. The number of rotatable bonds is 3. The van der Waals surface area contributed by atoms with Gasteiger partial charge in [-0.1, -0.05) is 18.7 Å². The molecule has 0 aliphatic rings. The summed E-state index contributed by atoms with van der Waals surface area (Å²) in [6.07, 6.45) is 1.12. The summed E-state index contributed by atoms with van der Waals surface area (Å²) >= 11 is 0. The Labute approximate surface area is 83.2 Å². The molecule has 0 spiro atoms. The van der Waals surface area contributed by atoms with Gasteiger partial charge < -0.3 is 10.5 Å². The molecule has 1 atom stereocenters. The lowest BCUT2D eigenvalue weighted by Crippen LogP contribution is -2.06. The smallest absolute Gasteiger partial charge is 0.335 e. The summed E-state index contributed by atoms with van der Waals surface area (Å²) in [5, 5.41) is 0. The molecule has 0 aliphatic carbocycles. The molecule has 14 heavy (non-hydrogen) atoms. The van der Waals surface area contributed by atoms with Crippen LogP contribution >= 0.6 is 0 Å². The van der Waals surface area contributed by atoms with Gasteiger partial charge in [-0.15, -0.1) is 0 Å². The van der Waals surface area contributed by atoms with Gasteiger partial charge >= 0.3 is 5.97 Å². The summed E-state index contributed by atoms with van der Waals surface area (Å²) in [5.74, 6) is 0.0397. The van der Waals surface area contributed by atoms with Crippen LogP contribution in [-0.2, 0) is 4.79 Å². The molecule has 0 aromatic heterocycles. The van der Waals surface area contributed by atoms with Crippen LogP contribution in [0.15, 0.2) is 36.9 Å². The third kappa shape index (κ3) is 2.71. The van der Waals surface area contributed by atoms with E-state index in [4.69, 9.17) is 10.5 Å². The van der Waals surface area contributed by atoms with Crippen molar-refractivity contribution in [2.45, 2.75) is 13.0 Å². The average molecular weight is 191 g/mol. The van der Waals surface area contributed by atoms with E-state index in [1.54, 1.807) is 12.1 Å². The molecule has 3 heteroatoms. The van der Waals surface area contributed by atoms with Crippen LogP contribution in [0, 0.1) is 0 Å². The summed E-state index contributed by atoms with van der Waals surface area (Å²) in [6, 6.07) is 7.06. The predicted molar refractivity (Wildman–Crippen MR) is 54.9 cm³/mol. The van der Waals surface area contributed by atoms with E-state index in [1.807, 2.05) is 19.1 Å². The van der Waals surface area contributed by atoms with Gasteiger partial charge in [0.1, 0.15) is 5.75 Å². The van der Waals surface area contributed by atoms with Gasteiger partial charge in [0.05, 0.1) is 0 Å². The van der Waals surface area contributed by atoms with Crippen molar-refractivity contribution in [3.8, 4) is 5.75 Å². The Kier molecular flexibility index (Phi) is 3.42. The van der Waals surface area contributed by atoms with Crippen molar-refractivity contribution >= 4 is 5.97 Å². The van der Waals surface area contributed by atoms with Crippen molar-refractivity contribution < 1.29 is 9.53 Å². The van der Waals surface area contributed by atoms with Crippen molar-refractivity contribution in [3.05, 3.63) is 42.5 Å². The Morgan fingerprint density at radius 1 is 1.50 bits per heavy atom. The zero-order valence-corrected chi connectivity index (χ0v) is 8.07. The molecule has 0 fully saturated rings. The minimum atomic E-state index is -0.460. The number of hydrogen-bond acceptors (Lipinski definition) is 3. The van der Waals surface area contributed by atoms with Gasteiger partial charge in [-0.3, -0.25) is 0 Å². The molecule has 0 aliphatic heterocycles. The van der Waals surface area contributed by atoms with E-state index in [0.717, 1.165) is 11.6 Å². The largest absolute Gasteiger partial charge is 0.423 e. The maximum absolute atomic E-state index is 10.8. The second kappa shape index (κ2) is 4.58. The Bertz CT molecular complexity index is 328. The maximum atomic E-state index is 10.8. The molecule has 0 amide bonds. The lowest BCUT2D eigenvalue weighted by molar-refractivity contribution is -0.128. The van der Waals surface area contributed by atoms with E-state index in [1.165, 1.54) is 0 Å². The van der Waals surface area contributed by atoms with Crippen LogP contribution in [0.5, 0.6) is 5.75 Å². The zero-order chi connectivity index (χ0) is 10.6. The van der Waals surface area contributed by atoms with Gasteiger partial charge in [0.15, 0.2) is 0 Å². The number of nitrogens with two attached hydrogens (primary N) is 1. The van der Waals surface area contributed by atoms with Crippen molar-refractivity contribution in [3.63, 3.8) is 0 Å². The van der Waals surface area contributed by atoms with E-state index >= 15 is 0 Å². The SMILES string of the molecule is C=CC(=O)Oc1ccc(C(C)N)cc1. The molecule has 0 saturated carbocycles. The van der Waals surface area contributed by atoms with Crippen LogP contribution in [0.4, 0.5) is 0 Å². The third-order valence-corrected chi connectivity index (χ3v) is 1.79. The van der Waals surface area contributed by atoms with Gasteiger partial charge in [0, 0.05) is 12.1 Å². The number of benzene rings is 1. The zero-order valence-electron chi connectivity index (χ0n) is 8.07. The summed E-state index contributed by atoms with van der Waals surface area (Å²) in [4.78, 5) is 10.8. The number of carbonyl (C=O) groups excluding carboxylic acids is 1. The molecule has 0 saturated heterocycles. The van der Waals surface area contributed by atoms with E-state index in [0.29, 0.717) is 5.75 Å². The van der Waals surface area contributed by atoms with Crippen LogP contribution in [0.25, 0.3) is 0 Å². The van der Waals surface area contributed by atoms with Gasteiger partial charge in [-0.25, -0.2) is 4.79 Å². The molecule has 0 heterocycles. The molecule has 0 radical (unpaired) electrons. The van der Waals surface area contributed by atoms with Crippen LogP contribution in [0.1, 0.15) is 18.5 Å². The van der Waals surface area contributed by atoms with E-state index in [9.17, 15) is 4.79 Å². The molecule has 0 bridgehead atoms. The normalized spacial score (nSPS) is 11.9. The molecule has 1 aromatic carbocycles. The molecule has 74 valence electrons. The summed E-state index contributed by atoms with van der Waals surface area (Å²) < 4.78 is 4.90. The first-order valence-electron chi connectivity index (χ1n) is 4.33. The standard InChI is InChI=1S/C11H13NO2/c1-3-11(13)14-10-6-4-9(5-7-10)8(2)12/h3-8H,1,12H2,2H3. The Morgan fingerprint density at radius 3 is 2.50 bits per heavy atom. The molecular formula is C11H13NO2. The van der Waals surface area contributed by atoms with E-state index < -0.39 is 5.97 Å². The van der Waals surface area contributed by atoms with Crippen LogP contribution < -0.4 is 10.5 Å². The van der Waals surface area contributed by atoms with Gasteiger partial charge in [0.2, 0.25) is 0 Å². The molecule has 1 rings (SSSR count). The number of carbonyl (C=O) groups is 1. The fourth-order valence-corrected chi connectivity index (χ4v) is 0.997. The highest BCUT2D eigenvalue weighted by molar-refractivity contribution is 5.83. The maximum Gasteiger partial charge on any atom is 0.335 e. The van der Waals surface area contributed by atoms with Gasteiger partial charge in [0.25, 0.3) is 0 Å². The minimum Gasteiger partial charge on any atom is -0.423 e. The monoisotopic (exact) mass is 191 g/mol. The first-order valence-corrected chi connectivity index (χ1v) is 4.33. The summed E-state index contributed by atoms with van der Waals surface area (Å²) in [6.45, 7) is 5.20. The first-order chi connectivity index (χ1) is 6.63. The van der Waals surface area contributed by atoms with Crippen molar-refractivity contribution in [1.29, 1.82) is 0 Å². The number of esters is 1. The van der Waals surface area contributed by atoms with Crippen molar-refractivity contribution in [2.75, 3.05) is 0 Å². The van der Waals surface area contributed by atoms with Crippen LogP contribution in [-0.4, -0.2) is 5.97 Å². The molecule has 2 N–H and O–H groups in total. The number of hydrogen-bond donors (Lipinski definition) is 1. The highest BCUT2D eigenvalue weighted by Gasteiger charge is 2.01. The number of ether oxygens (including phenoxy) is 1. The van der Waals surface area contributed by atoms with E-state index in [-0.39, 0.29) is 6.04 Å². The topological polar surface area (TPSA) is 52.3 Å². The Hall–Kier alpha value is -1.61. The van der Waals surface area contributed by atoms with Crippen LogP contribution in [0.3, 0.4) is 0 Å². The minimum absolute atomic E-state index is 0.0147. The molecule has 3 nitrogen and oxygen atoms in total. The summed E-state index contributed by atoms with van der Waals surface area (Å²) in [7, 11) is 0. The third-order valence-electron chi connectivity index (χ3n) is 1.79. The second-order valence-corrected chi connectivity index (χ2v) is 2.98. The van der Waals surface area contributed by atoms with Gasteiger partial charge in [-0.05, 0) is 24.6 Å². The molecule has 1 unspecified atom stereocenters. The molecule has 1 aromatic rings. The lowest BCUT2D eigenvalue weighted by Gasteiger charge is -2.06. The van der Waals surface area contributed by atoms with Gasteiger partial charge in [-0.2, -0.15) is 0 Å². The second-order valence-electron chi connectivity index (χ2n) is 2.98. The lowest BCUT2D eigenvalue weighted by atomic mass is 10.1. The Morgan fingerprint density at radius 2 is 2.07 bits per heavy atom. The van der Waals surface area contributed by atoms with Crippen LogP contribution in [0.2, 0.25) is 0 Å². The Balaban J connectivity index is 2.73. The highest BCUT2D eigenvalue weighted by Crippen LogP contribution is 2.16. The van der Waals surface area contributed by atoms with Crippen molar-refractivity contribution in [2.24, 2.45) is 5.73 Å². The average Bonchev–Trinajstić information content (AvgIpc) is 2.18. The molecular weight excluding hydrogens is 178 g/mol. The fraction of sp³-hybridized carbons (Fsp3) is 0.182. The summed E-state index contributed by atoms with van der Waals surface area (Å²) in [5.41, 5.74) is 6.67.